The molecule has 0 heterocycles. The minimum Gasteiger partial charge on any atom is -0.370 e. The van der Waals surface area contributed by atoms with E-state index in [4.69, 9.17) is 11.1 Å². The molecule has 2 rings (SSSR count). The Kier molecular flexibility index (Phi) is 7.29. The average molecular weight is 332 g/mol. The second kappa shape index (κ2) is 8.96. The standard InChI is InChI=1S/C18H21N3O.ClH/c1-2-13-8-6-7-11-15(13)12-16(17(22)21-18(19)20)14-9-4-3-5-10-14;/h3-11,16H,2,12H2,1H3,(H4,19,20,21,22);1H. The maximum Gasteiger partial charge on any atom is 0.234 e. The van der Waals surface area contributed by atoms with Crippen molar-refractivity contribution in [3.63, 3.8) is 0 Å². The van der Waals surface area contributed by atoms with Gasteiger partial charge in [-0.2, -0.15) is 0 Å². The van der Waals surface area contributed by atoms with Crippen LogP contribution in [0.15, 0.2) is 54.6 Å². The van der Waals surface area contributed by atoms with E-state index in [9.17, 15) is 4.79 Å². The smallest absolute Gasteiger partial charge is 0.234 e. The van der Waals surface area contributed by atoms with Gasteiger partial charge >= 0.3 is 0 Å². The number of rotatable bonds is 5. The highest BCUT2D eigenvalue weighted by Crippen LogP contribution is 2.23. The van der Waals surface area contributed by atoms with Gasteiger partial charge < -0.3 is 5.73 Å². The van der Waals surface area contributed by atoms with Crippen LogP contribution >= 0.6 is 12.4 Å². The number of halogens is 1. The number of guanidine groups is 1. The third kappa shape index (κ3) is 5.11. The van der Waals surface area contributed by atoms with Gasteiger partial charge in [0, 0.05) is 0 Å². The predicted octanol–water partition coefficient (Wildman–Crippen LogP) is 3.01. The molecule has 0 fully saturated rings. The van der Waals surface area contributed by atoms with E-state index < -0.39 is 0 Å². The molecule has 1 unspecified atom stereocenters. The Morgan fingerprint density at radius 2 is 1.65 bits per heavy atom. The largest absolute Gasteiger partial charge is 0.370 e. The second-order valence-corrected chi connectivity index (χ2v) is 5.19. The SMILES string of the molecule is CCc1ccccc1CC(C(=O)NC(=N)N)c1ccccc1.Cl. The Labute approximate surface area is 143 Å². The van der Waals surface area contributed by atoms with Crippen LogP contribution in [0.25, 0.3) is 0 Å². The summed E-state index contributed by atoms with van der Waals surface area (Å²) in [5, 5.41) is 9.71. The van der Waals surface area contributed by atoms with Crippen LogP contribution in [0.2, 0.25) is 0 Å². The maximum absolute atomic E-state index is 12.4. The molecule has 0 radical (unpaired) electrons. The van der Waals surface area contributed by atoms with Gasteiger partial charge in [-0.1, -0.05) is 61.5 Å². The monoisotopic (exact) mass is 331 g/mol. The number of hydrogen-bond acceptors (Lipinski definition) is 2. The van der Waals surface area contributed by atoms with Gasteiger partial charge in [0.1, 0.15) is 0 Å². The molecule has 4 nitrogen and oxygen atoms in total. The number of nitrogens with two attached hydrogens (primary N) is 1. The molecular formula is C18H22ClN3O. The van der Waals surface area contributed by atoms with Gasteiger partial charge in [0.15, 0.2) is 5.96 Å². The summed E-state index contributed by atoms with van der Waals surface area (Å²) in [6, 6.07) is 17.7. The van der Waals surface area contributed by atoms with Crippen LogP contribution in [0.3, 0.4) is 0 Å². The molecule has 1 amide bonds. The molecule has 0 bridgehead atoms. The van der Waals surface area contributed by atoms with Crippen LogP contribution in [0, 0.1) is 5.41 Å². The van der Waals surface area contributed by atoms with Gasteiger partial charge in [-0.25, -0.2) is 0 Å². The van der Waals surface area contributed by atoms with Crippen molar-refractivity contribution >= 4 is 24.3 Å². The molecule has 4 N–H and O–H groups in total. The Balaban J connectivity index is 0.00000264. The Hall–Kier alpha value is -2.33. The fraction of sp³-hybridized carbons (Fsp3) is 0.222. The summed E-state index contributed by atoms with van der Waals surface area (Å²) < 4.78 is 0. The molecule has 5 heteroatoms. The molecule has 2 aromatic carbocycles. The number of aryl methyl sites for hydroxylation is 1. The zero-order chi connectivity index (χ0) is 15.9. The van der Waals surface area contributed by atoms with Crippen LogP contribution in [0.4, 0.5) is 0 Å². The number of carbonyl (C=O) groups is 1. The van der Waals surface area contributed by atoms with Crippen molar-refractivity contribution in [3.8, 4) is 0 Å². The number of nitrogens with one attached hydrogen (secondary N) is 2. The first kappa shape index (κ1) is 18.7. The minimum atomic E-state index is -0.363. The summed E-state index contributed by atoms with van der Waals surface area (Å²) in [6.07, 6.45) is 1.51. The van der Waals surface area contributed by atoms with Crippen molar-refractivity contribution in [2.24, 2.45) is 5.73 Å². The van der Waals surface area contributed by atoms with Crippen molar-refractivity contribution < 1.29 is 4.79 Å². The van der Waals surface area contributed by atoms with Crippen LogP contribution < -0.4 is 11.1 Å². The van der Waals surface area contributed by atoms with Crippen molar-refractivity contribution in [2.45, 2.75) is 25.7 Å². The van der Waals surface area contributed by atoms with Crippen molar-refractivity contribution in [1.29, 1.82) is 5.41 Å². The van der Waals surface area contributed by atoms with Gasteiger partial charge in [0.05, 0.1) is 5.92 Å². The van der Waals surface area contributed by atoms with E-state index in [0.717, 1.165) is 17.5 Å². The van der Waals surface area contributed by atoms with Crippen molar-refractivity contribution in [3.05, 3.63) is 71.3 Å². The van der Waals surface area contributed by atoms with Gasteiger partial charge in [-0.05, 0) is 29.5 Å². The summed E-state index contributed by atoms with van der Waals surface area (Å²) in [5.41, 5.74) is 8.62. The molecule has 0 aromatic heterocycles. The lowest BCUT2D eigenvalue weighted by atomic mass is 9.89. The van der Waals surface area contributed by atoms with Crippen LogP contribution in [0.5, 0.6) is 0 Å². The molecule has 0 aliphatic rings. The zero-order valence-corrected chi connectivity index (χ0v) is 13.9. The topological polar surface area (TPSA) is 79.0 Å². The molecule has 2 aromatic rings. The molecule has 23 heavy (non-hydrogen) atoms. The summed E-state index contributed by atoms with van der Waals surface area (Å²) >= 11 is 0. The highest BCUT2D eigenvalue weighted by Gasteiger charge is 2.22. The van der Waals surface area contributed by atoms with Crippen molar-refractivity contribution in [1.82, 2.24) is 5.32 Å². The Bertz CT molecular complexity index is 658. The maximum atomic E-state index is 12.4. The molecule has 0 aliphatic heterocycles. The van der Waals surface area contributed by atoms with Gasteiger partial charge in [-0.3, -0.25) is 15.5 Å². The first-order valence-electron chi connectivity index (χ1n) is 7.38. The molecule has 0 saturated heterocycles. The van der Waals surface area contributed by atoms with Crippen LogP contribution in [-0.4, -0.2) is 11.9 Å². The molecular weight excluding hydrogens is 310 g/mol. The highest BCUT2D eigenvalue weighted by molar-refractivity contribution is 5.98. The highest BCUT2D eigenvalue weighted by atomic mass is 35.5. The van der Waals surface area contributed by atoms with Gasteiger partial charge in [0.25, 0.3) is 0 Å². The fourth-order valence-corrected chi connectivity index (χ4v) is 2.59. The lowest BCUT2D eigenvalue weighted by Gasteiger charge is -2.18. The van der Waals surface area contributed by atoms with Crippen LogP contribution in [-0.2, 0) is 17.6 Å². The zero-order valence-electron chi connectivity index (χ0n) is 13.1. The summed E-state index contributed by atoms with van der Waals surface area (Å²) in [4.78, 5) is 12.4. The second-order valence-electron chi connectivity index (χ2n) is 5.19. The van der Waals surface area contributed by atoms with E-state index in [1.165, 1.54) is 5.56 Å². The Morgan fingerprint density at radius 1 is 1.09 bits per heavy atom. The summed E-state index contributed by atoms with van der Waals surface area (Å²) in [5.74, 6) is -0.933. The first-order valence-corrected chi connectivity index (χ1v) is 7.38. The van der Waals surface area contributed by atoms with Gasteiger partial charge in [0.2, 0.25) is 5.91 Å². The molecule has 122 valence electrons. The minimum absolute atomic E-state index is 0. The van der Waals surface area contributed by atoms with Gasteiger partial charge in [-0.15, -0.1) is 12.4 Å². The quantitative estimate of drug-likeness (QED) is 0.581. The molecule has 1 atom stereocenters. The number of amides is 1. The number of carbonyl (C=O) groups excluding carboxylic acids is 1. The number of benzene rings is 2. The average Bonchev–Trinajstić information content (AvgIpc) is 2.53. The molecule has 0 spiro atoms. The third-order valence-electron chi connectivity index (χ3n) is 3.70. The van der Waals surface area contributed by atoms with E-state index in [-0.39, 0.29) is 30.2 Å². The fourth-order valence-electron chi connectivity index (χ4n) is 2.59. The molecule has 0 saturated carbocycles. The van der Waals surface area contributed by atoms with Crippen molar-refractivity contribution in [2.75, 3.05) is 0 Å². The van der Waals surface area contributed by atoms with E-state index in [0.29, 0.717) is 6.42 Å². The lowest BCUT2D eigenvalue weighted by Crippen LogP contribution is -2.39. The van der Waals surface area contributed by atoms with E-state index in [1.54, 1.807) is 0 Å². The normalized spacial score (nSPS) is 11.2. The summed E-state index contributed by atoms with van der Waals surface area (Å²) in [6.45, 7) is 2.10. The molecule has 0 aliphatic carbocycles. The number of hydrogen-bond donors (Lipinski definition) is 3. The van der Waals surface area contributed by atoms with E-state index in [2.05, 4.69) is 24.4 Å². The lowest BCUT2D eigenvalue weighted by molar-refractivity contribution is -0.121. The Morgan fingerprint density at radius 3 is 2.22 bits per heavy atom. The summed E-state index contributed by atoms with van der Waals surface area (Å²) in [7, 11) is 0. The van der Waals surface area contributed by atoms with E-state index in [1.807, 2.05) is 42.5 Å². The van der Waals surface area contributed by atoms with Crippen LogP contribution in [0.1, 0.15) is 29.5 Å². The van der Waals surface area contributed by atoms with E-state index >= 15 is 0 Å². The predicted molar refractivity (Wildman–Crippen MR) is 96.0 cm³/mol. The first-order chi connectivity index (χ1) is 10.6. The third-order valence-corrected chi connectivity index (χ3v) is 3.70.